The second-order valence-corrected chi connectivity index (χ2v) is 3.33. The average molecular weight is 258 g/mol. The molecule has 2 heterocycles. The van der Waals surface area contributed by atoms with Gasteiger partial charge in [-0.2, -0.15) is 4.98 Å². The second kappa shape index (κ2) is 8.62. The molecule has 0 amide bonds. The third-order valence-electron chi connectivity index (χ3n) is 2.17. The Morgan fingerprint density at radius 3 is 2.56 bits per heavy atom. The molecule has 0 radical (unpaired) electrons. The van der Waals surface area contributed by atoms with Crippen LogP contribution < -0.4 is 17.2 Å². The molecule has 0 spiro atoms. The van der Waals surface area contributed by atoms with Gasteiger partial charge in [0.1, 0.15) is 12.0 Å². The molecule has 1 aromatic heterocycles. The summed E-state index contributed by atoms with van der Waals surface area (Å²) in [5.74, 6) is 0.216. The summed E-state index contributed by atoms with van der Waals surface area (Å²) in [4.78, 5) is 15.0. The molecule has 18 heavy (non-hydrogen) atoms. The molecule has 1 aliphatic rings. The van der Waals surface area contributed by atoms with Gasteiger partial charge in [-0.05, 0) is 6.07 Å². The highest BCUT2D eigenvalue weighted by atomic mass is 16.5. The molecule has 1 aromatic rings. The zero-order valence-corrected chi connectivity index (χ0v) is 11.0. The number of hydrogen-bond acceptors (Lipinski definition) is 6. The Kier molecular flexibility index (Phi) is 7.93. The van der Waals surface area contributed by atoms with Crippen molar-refractivity contribution in [2.24, 2.45) is 5.73 Å². The first-order valence-electron chi connectivity index (χ1n) is 5.83. The normalized spacial score (nSPS) is 21.4. The van der Waals surface area contributed by atoms with E-state index in [1.54, 1.807) is 12.3 Å². The molecule has 5 N–H and O–H groups in total. The molecule has 104 valence electrons. The highest BCUT2D eigenvalue weighted by molar-refractivity contribution is 5.23. The zero-order chi connectivity index (χ0) is 14.1. The van der Waals surface area contributed by atoms with Gasteiger partial charge in [0.15, 0.2) is 0 Å². The molecule has 0 saturated carbocycles. The van der Waals surface area contributed by atoms with Crippen molar-refractivity contribution in [1.29, 1.82) is 0 Å². The summed E-state index contributed by atoms with van der Waals surface area (Å²) in [6.45, 7) is 4.47. The SMILES string of the molecule is CC.CO.Nc1ccn([C@@H]2CC(N)CO2)c(=O)n1. The Morgan fingerprint density at radius 1 is 1.50 bits per heavy atom. The smallest absolute Gasteiger partial charge is 0.351 e. The van der Waals surface area contributed by atoms with E-state index in [4.69, 9.17) is 21.3 Å². The van der Waals surface area contributed by atoms with Crippen LogP contribution in [-0.2, 0) is 4.74 Å². The van der Waals surface area contributed by atoms with Gasteiger partial charge < -0.3 is 21.3 Å². The van der Waals surface area contributed by atoms with Crippen molar-refractivity contribution in [1.82, 2.24) is 9.55 Å². The van der Waals surface area contributed by atoms with Gasteiger partial charge in [-0.1, -0.05) is 13.8 Å². The summed E-state index contributed by atoms with van der Waals surface area (Å²) in [6.07, 6.45) is 1.91. The summed E-state index contributed by atoms with van der Waals surface area (Å²) < 4.78 is 6.74. The van der Waals surface area contributed by atoms with Crippen LogP contribution in [0.25, 0.3) is 0 Å². The van der Waals surface area contributed by atoms with E-state index in [2.05, 4.69) is 4.98 Å². The van der Waals surface area contributed by atoms with Crippen molar-refractivity contribution < 1.29 is 9.84 Å². The minimum absolute atomic E-state index is 0.00977. The number of aliphatic hydroxyl groups excluding tert-OH is 1. The number of rotatable bonds is 1. The van der Waals surface area contributed by atoms with Crippen molar-refractivity contribution in [3.05, 3.63) is 22.7 Å². The van der Waals surface area contributed by atoms with E-state index in [1.165, 1.54) is 4.57 Å². The number of ether oxygens (including phenoxy) is 1. The van der Waals surface area contributed by atoms with Crippen molar-refractivity contribution >= 4 is 5.82 Å². The monoisotopic (exact) mass is 258 g/mol. The van der Waals surface area contributed by atoms with Crippen molar-refractivity contribution in [3.63, 3.8) is 0 Å². The van der Waals surface area contributed by atoms with Crippen LogP contribution in [0.2, 0.25) is 0 Å². The lowest BCUT2D eigenvalue weighted by Gasteiger charge is -2.11. The molecule has 0 aromatic carbocycles. The fourth-order valence-electron chi connectivity index (χ4n) is 1.47. The van der Waals surface area contributed by atoms with Crippen LogP contribution in [0.15, 0.2) is 17.1 Å². The molecule has 1 fully saturated rings. The van der Waals surface area contributed by atoms with Crippen LogP contribution in [0.4, 0.5) is 5.82 Å². The van der Waals surface area contributed by atoms with Gasteiger partial charge in [0.25, 0.3) is 0 Å². The van der Waals surface area contributed by atoms with Crippen LogP contribution in [0.1, 0.15) is 26.5 Å². The first-order chi connectivity index (χ1) is 8.66. The van der Waals surface area contributed by atoms with E-state index >= 15 is 0 Å². The molecule has 0 aliphatic carbocycles. The summed E-state index contributed by atoms with van der Waals surface area (Å²) in [7, 11) is 1.00. The Morgan fingerprint density at radius 2 is 2.11 bits per heavy atom. The Hall–Kier alpha value is -1.44. The summed E-state index contributed by atoms with van der Waals surface area (Å²) in [5.41, 5.74) is 10.6. The quantitative estimate of drug-likeness (QED) is 0.637. The molecular weight excluding hydrogens is 236 g/mol. The van der Waals surface area contributed by atoms with E-state index in [0.29, 0.717) is 13.0 Å². The van der Waals surface area contributed by atoms with Crippen molar-refractivity contribution in [2.75, 3.05) is 19.5 Å². The van der Waals surface area contributed by atoms with Crippen LogP contribution in [-0.4, -0.2) is 34.4 Å². The predicted molar refractivity (Wildman–Crippen MR) is 70.0 cm³/mol. The zero-order valence-electron chi connectivity index (χ0n) is 11.0. The van der Waals surface area contributed by atoms with Gasteiger partial charge in [0.05, 0.1) is 6.61 Å². The van der Waals surface area contributed by atoms with Crippen molar-refractivity contribution in [3.8, 4) is 0 Å². The molecule has 2 rings (SSSR count). The van der Waals surface area contributed by atoms with Gasteiger partial charge in [-0.3, -0.25) is 4.57 Å². The van der Waals surface area contributed by atoms with E-state index in [9.17, 15) is 4.79 Å². The van der Waals surface area contributed by atoms with Gasteiger partial charge in [0.2, 0.25) is 0 Å². The molecular formula is C11H22N4O3. The number of nitrogen functional groups attached to an aromatic ring is 1. The Balaban J connectivity index is 0.000000659. The number of hydrogen-bond donors (Lipinski definition) is 3. The fourth-order valence-corrected chi connectivity index (χ4v) is 1.47. The minimum Gasteiger partial charge on any atom is -0.400 e. The number of aliphatic hydroxyl groups is 1. The topological polar surface area (TPSA) is 116 Å². The van der Waals surface area contributed by atoms with Crippen LogP contribution >= 0.6 is 0 Å². The predicted octanol–water partition coefficient (Wildman–Crippen LogP) is -0.294. The van der Waals surface area contributed by atoms with Crippen LogP contribution in [0.3, 0.4) is 0 Å². The van der Waals surface area contributed by atoms with Gasteiger partial charge in [-0.25, -0.2) is 4.79 Å². The van der Waals surface area contributed by atoms with E-state index in [0.717, 1.165) is 7.11 Å². The standard InChI is InChI=1S/C8H12N4O2.C2H6.CH4O/c9-5-3-7(14-4-5)12-2-1-6(10)11-8(12)13;2*1-2/h1-2,5,7H,3-4,9H2,(H2,10,11,13);1-2H3;2H,1H3/t5?,7-;;/m0../s1. The first-order valence-corrected chi connectivity index (χ1v) is 5.83. The maximum absolute atomic E-state index is 11.4. The van der Waals surface area contributed by atoms with Crippen LogP contribution in [0, 0.1) is 0 Å². The van der Waals surface area contributed by atoms with Gasteiger partial charge >= 0.3 is 5.69 Å². The fraction of sp³-hybridized carbons (Fsp3) is 0.636. The molecule has 7 nitrogen and oxygen atoms in total. The van der Waals surface area contributed by atoms with Crippen LogP contribution in [0.5, 0.6) is 0 Å². The summed E-state index contributed by atoms with van der Waals surface area (Å²) in [6, 6.07) is 1.55. The average Bonchev–Trinajstić information content (AvgIpc) is 2.81. The molecule has 2 atom stereocenters. The van der Waals surface area contributed by atoms with E-state index < -0.39 is 5.69 Å². The third-order valence-corrected chi connectivity index (χ3v) is 2.17. The Bertz CT molecular complexity index is 394. The van der Waals surface area contributed by atoms with E-state index in [-0.39, 0.29) is 18.1 Å². The van der Waals surface area contributed by atoms with Crippen molar-refractivity contribution in [2.45, 2.75) is 32.5 Å². The Labute approximate surface area is 106 Å². The maximum Gasteiger partial charge on any atom is 0.351 e. The molecule has 7 heteroatoms. The van der Waals surface area contributed by atoms with Gasteiger partial charge in [0, 0.05) is 25.8 Å². The van der Waals surface area contributed by atoms with E-state index in [1.807, 2.05) is 13.8 Å². The van der Waals surface area contributed by atoms with Gasteiger partial charge in [-0.15, -0.1) is 0 Å². The number of aromatic nitrogens is 2. The first kappa shape index (κ1) is 16.6. The highest BCUT2D eigenvalue weighted by Crippen LogP contribution is 2.20. The number of nitrogens with zero attached hydrogens (tertiary/aromatic N) is 2. The lowest BCUT2D eigenvalue weighted by Crippen LogP contribution is -2.27. The summed E-state index contributed by atoms with van der Waals surface area (Å²) in [5, 5.41) is 7.00. The number of nitrogens with two attached hydrogens (primary N) is 2. The third kappa shape index (κ3) is 4.44. The minimum atomic E-state index is -0.399. The number of anilines is 1. The highest BCUT2D eigenvalue weighted by Gasteiger charge is 2.24. The molecule has 0 bridgehead atoms. The lowest BCUT2D eigenvalue weighted by molar-refractivity contribution is 0.0521. The largest absolute Gasteiger partial charge is 0.400 e. The molecule has 1 aliphatic heterocycles. The lowest BCUT2D eigenvalue weighted by atomic mass is 10.2. The molecule has 1 saturated heterocycles. The maximum atomic E-state index is 11.4. The summed E-state index contributed by atoms with van der Waals surface area (Å²) >= 11 is 0. The second-order valence-electron chi connectivity index (χ2n) is 3.33. The molecule has 1 unspecified atom stereocenters.